The molecule has 1 fully saturated rings. The lowest BCUT2D eigenvalue weighted by atomic mass is 10.2. The predicted octanol–water partition coefficient (Wildman–Crippen LogP) is 1.67. The second-order valence-corrected chi connectivity index (χ2v) is 6.91. The fraction of sp³-hybridized carbons (Fsp3) is 0.357. The molecule has 1 aromatic carbocycles. The lowest BCUT2D eigenvalue weighted by Crippen LogP contribution is -2.38. The molecular weight excluding hydrogens is 310 g/mol. The van der Waals surface area contributed by atoms with Gasteiger partial charge in [-0.1, -0.05) is 6.07 Å². The summed E-state index contributed by atoms with van der Waals surface area (Å²) in [5, 5.41) is 0.627. The van der Waals surface area contributed by atoms with Gasteiger partial charge in [-0.2, -0.15) is 0 Å². The average molecular weight is 328 g/mol. The van der Waals surface area contributed by atoms with E-state index in [1.54, 1.807) is 36.5 Å². The van der Waals surface area contributed by atoms with E-state index in [-0.39, 0.29) is 29.9 Å². The van der Waals surface area contributed by atoms with Crippen LogP contribution >= 0.6 is 12.4 Å². The van der Waals surface area contributed by atoms with Crippen LogP contribution in [0.3, 0.4) is 0 Å². The summed E-state index contributed by atoms with van der Waals surface area (Å²) in [5.41, 5.74) is 6.61. The van der Waals surface area contributed by atoms with E-state index in [1.807, 2.05) is 0 Å². The molecule has 1 aromatic heterocycles. The van der Waals surface area contributed by atoms with Crippen LogP contribution in [0.4, 0.5) is 0 Å². The van der Waals surface area contributed by atoms with Crippen LogP contribution in [0.25, 0.3) is 10.9 Å². The van der Waals surface area contributed by atoms with E-state index >= 15 is 0 Å². The Kier molecular flexibility index (Phi) is 4.83. The van der Waals surface area contributed by atoms with Crippen LogP contribution in [0.15, 0.2) is 41.4 Å². The van der Waals surface area contributed by atoms with Crippen molar-refractivity contribution in [2.75, 3.05) is 6.54 Å². The molecule has 1 aliphatic rings. The molecule has 3 rings (SSSR count). The molecule has 1 unspecified atom stereocenters. The number of halogens is 1. The summed E-state index contributed by atoms with van der Waals surface area (Å²) in [5.74, 6) is 0.465. The number of hydrogen-bond acceptors (Lipinski definition) is 4. The van der Waals surface area contributed by atoms with Crippen LogP contribution < -0.4 is 10.5 Å². The number of nitrogens with one attached hydrogen (secondary N) is 1. The Balaban J connectivity index is 0.00000161. The molecule has 0 bridgehead atoms. The Morgan fingerprint density at radius 2 is 2.05 bits per heavy atom. The van der Waals surface area contributed by atoms with Gasteiger partial charge in [0.2, 0.25) is 10.0 Å². The smallest absolute Gasteiger partial charge is 0.241 e. The van der Waals surface area contributed by atoms with Crippen molar-refractivity contribution in [3.05, 3.63) is 36.5 Å². The average Bonchev–Trinajstić information content (AvgIpc) is 3.29. The minimum atomic E-state index is -3.56. The summed E-state index contributed by atoms with van der Waals surface area (Å²) in [6.07, 6.45) is 3.84. The fourth-order valence-electron chi connectivity index (χ4n) is 2.28. The van der Waals surface area contributed by atoms with Crippen LogP contribution in [0.5, 0.6) is 0 Å². The molecule has 1 heterocycles. The topological polar surface area (TPSA) is 85.1 Å². The summed E-state index contributed by atoms with van der Waals surface area (Å²) in [4.78, 5) is 4.43. The summed E-state index contributed by atoms with van der Waals surface area (Å²) in [7, 11) is -3.56. The summed E-state index contributed by atoms with van der Waals surface area (Å²) in [6.45, 7) is 0.281. The second kappa shape index (κ2) is 6.27. The van der Waals surface area contributed by atoms with E-state index in [0.717, 1.165) is 12.8 Å². The lowest BCUT2D eigenvalue weighted by molar-refractivity contribution is 0.548. The van der Waals surface area contributed by atoms with Crippen LogP contribution in [-0.2, 0) is 10.0 Å². The number of pyridine rings is 1. The zero-order valence-electron chi connectivity index (χ0n) is 11.4. The summed E-state index contributed by atoms with van der Waals surface area (Å²) < 4.78 is 27.4. The minimum absolute atomic E-state index is 0. The number of rotatable bonds is 5. The molecule has 1 atom stereocenters. The van der Waals surface area contributed by atoms with Gasteiger partial charge < -0.3 is 5.73 Å². The van der Waals surface area contributed by atoms with Gasteiger partial charge in [-0.15, -0.1) is 12.4 Å². The summed E-state index contributed by atoms with van der Waals surface area (Å²) >= 11 is 0. The number of sulfonamides is 1. The highest BCUT2D eigenvalue weighted by atomic mass is 35.5. The number of fused-ring (bicyclic) bond motifs is 1. The molecule has 3 N–H and O–H groups in total. The van der Waals surface area contributed by atoms with E-state index < -0.39 is 10.0 Å². The van der Waals surface area contributed by atoms with Gasteiger partial charge in [0.25, 0.3) is 0 Å². The van der Waals surface area contributed by atoms with Crippen LogP contribution in [0, 0.1) is 5.92 Å². The Morgan fingerprint density at radius 3 is 2.76 bits per heavy atom. The maximum Gasteiger partial charge on any atom is 0.241 e. The highest BCUT2D eigenvalue weighted by Gasteiger charge is 2.29. The molecule has 0 spiro atoms. The van der Waals surface area contributed by atoms with Crippen molar-refractivity contribution in [1.82, 2.24) is 9.71 Å². The Morgan fingerprint density at radius 1 is 1.29 bits per heavy atom. The first kappa shape index (κ1) is 16.2. The molecule has 5 nitrogen and oxygen atoms in total. The van der Waals surface area contributed by atoms with Crippen molar-refractivity contribution in [1.29, 1.82) is 0 Å². The minimum Gasteiger partial charge on any atom is -0.326 e. The number of nitrogens with two attached hydrogens (primary N) is 1. The molecule has 0 saturated heterocycles. The van der Waals surface area contributed by atoms with E-state index in [2.05, 4.69) is 9.71 Å². The highest BCUT2D eigenvalue weighted by Crippen LogP contribution is 2.31. The van der Waals surface area contributed by atoms with Crippen molar-refractivity contribution < 1.29 is 8.42 Å². The van der Waals surface area contributed by atoms with E-state index in [9.17, 15) is 8.42 Å². The van der Waals surface area contributed by atoms with Gasteiger partial charge in [-0.3, -0.25) is 4.98 Å². The van der Waals surface area contributed by atoms with Crippen molar-refractivity contribution in [3.8, 4) is 0 Å². The Bertz CT molecular complexity index is 727. The second-order valence-electron chi connectivity index (χ2n) is 5.18. The fourth-order valence-corrected chi connectivity index (χ4v) is 3.57. The van der Waals surface area contributed by atoms with Crippen LogP contribution in [-0.4, -0.2) is 26.0 Å². The monoisotopic (exact) mass is 327 g/mol. The third-order valence-corrected chi connectivity index (χ3v) is 5.11. The van der Waals surface area contributed by atoms with E-state index in [0.29, 0.717) is 16.8 Å². The normalized spacial score (nSPS) is 16.4. The van der Waals surface area contributed by atoms with Gasteiger partial charge in [0, 0.05) is 24.2 Å². The van der Waals surface area contributed by atoms with Gasteiger partial charge in [0.15, 0.2) is 0 Å². The van der Waals surface area contributed by atoms with Crippen molar-refractivity contribution in [2.45, 2.75) is 23.8 Å². The molecule has 0 radical (unpaired) electrons. The number of hydrogen-bond donors (Lipinski definition) is 2. The quantitative estimate of drug-likeness (QED) is 0.874. The first-order valence-electron chi connectivity index (χ1n) is 6.67. The Hall–Kier alpha value is -1.21. The van der Waals surface area contributed by atoms with Crippen LogP contribution in [0.1, 0.15) is 12.8 Å². The first-order valence-corrected chi connectivity index (χ1v) is 8.15. The van der Waals surface area contributed by atoms with Gasteiger partial charge in [0.05, 0.1) is 10.4 Å². The lowest BCUT2D eigenvalue weighted by Gasteiger charge is -2.13. The molecule has 7 heteroatoms. The molecule has 21 heavy (non-hydrogen) atoms. The van der Waals surface area contributed by atoms with Crippen molar-refractivity contribution in [3.63, 3.8) is 0 Å². The Labute approximate surface area is 130 Å². The number of nitrogens with zero attached hydrogens (tertiary/aromatic N) is 1. The third-order valence-electron chi connectivity index (χ3n) is 3.63. The molecule has 1 saturated carbocycles. The molecule has 1 aliphatic carbocycles. The molecule has 114 valence electrons. The zero-order chi connectivity index (χ0) is 14.2. The van der Waals surface area contributed by atoms with Crippen molar-refractivity contribution >= 4 is 33.3 Å². The van der Waals surface area contributed by atoms with Gasteiger partial charge in [-0.05, 0) is 43.0 Å². The SMILES string of the molecule is Cl.NC(CNS(=O)(=O)c1cccc2ncccc12)C1CC1. The number of aromatic nitrogens is 1. The third kappa shape index (κ3) is 3.52. The maximum absolute atomic E-state index is 12.4. The van der Waals surface area contributed by atoms with Gasteiger partial charge in [0.1, 0.15) is 0 Å². The molecule has 2 aromatic rings. The van der Waals surface area contributed by atoms with E-state index in [1.165, 1.54) is 0 Å². The first-order chi connectivity index (χ1) is 9.58. The maximum atomic E-state index is 12.4. The van der Waals surface area contributed by atoms with Gasteiger partial charge in [-0.25, -0.2) is 13.1 Å². The standard InChI is InChI=1S/C14H17N3O2S.ClH/c15-12(10-6-7-10)9-17-20(18,19)14-5-1-4-13-11(14)3-2-8-16-13;/h1-5,8,10,12,17H,6-7,9,15H2;1H. The zero-order valence-corrected chi connectivity index (χ0v) is 13.0. The van der Waals surface area contributed by atoms with Crippen molar-refractivity contribution in [2.24, 2.45) is 11.7 Å². The molecule has 0 amide bonds. The van der Waals surface area contributed by atoms with E-state index in [4.69, 9.17) is 5.73 Å². The van der Waals surface area contributed by atoms with Gasteiger partial charge >= 0.3 is 0 Å². The highest BCUT2D eigenvalue weighted by molar-refractivity contribution is 7.89. The predicted molar refractivity (Wildman–Crippen MR) is 84.9 cm³/mol. The molecule has 0 aliphatic heterocycles. The van der Waals surface area contributed by atoms with Crippen LogP contribution in [0.2, 0.25) is 0 Å². The summed E-state index contributed by atoms with van der Waals surface area (Å²) in [6, 6.07) is 8.48. The number of benzene rings is 1. The largest absolute Gasteiger partial charge is 0.326 e. The molecular formula is C14H18ClN3O2S.